The third kappa shape index (κ3) is 5.16. The van der Waals surface area contributed by atoms with Gasteiger partial charge in [-0.25, -0.2) is 9.59 Å². The molecule has 0 spiro atoms. The lowest BCUT2D eigenvalue weighted by Crippen LogP contribution is -2.09. The number of hydrogen-bond acceptors (Lipinski definition) is 7. The molecule has 0 unspecified atom stereocenters. The molecular weight excluding hydrogens is 388 g/mol. The zero-order chi connectivity index (χ0) is 20.7. The number of nitriles is 1. The number of hydrogen-bond donors (Lipinski definition) is 0. The van der Waals surface area contributed by atoms with Crippen LogP contribution in [0.2, 0.25) is 5.02 Å². The molecular formula is C19H13ClN2O6. The van der Waals surface area contributed by atoms with E-state index in [1.54, 1.807) is 25.1 Å². The van der Waals surface area contributed by atoms with Crippen LogP contribution in [0.5, 0.6) is 5.75 Å². The molecule has 2 rings (SSSR count). The van der Waals surface area contributed by atoms with E-state index in [0.29, 0.717) is 5.56 Å². The average Bonchev–Trinajstić information content (AvgIpc) is 2.66. The second kappa shape index (κ2) is 9.30. The molecule has 0 aliphatic carbocycles. The molecule has 9 heteroatoms. The highest BCUT2D eigenvalue weighted by molar-refractivity contribution is 6.33. The molecule has 0 atom stereocenters. The van der Waals surface area contributed by atoms with Crippen molar-refractivity contribution in [3.05, 3.63) is 74.3 Å². The maximum Gasteiger partial charge on any atom is 0.348 e. The predicted molar refractivity (Wildman–Crippen MR) is 99.7 cm³/mol. The third-order valence-electron chi connectivity index (χ3n) is 3.38. The number of ether oxygens (including phenoxy) is 2. The van der Waals surface area contributed by atoms with E-state index >= 15 is 0 Å². The molecule has 28 heavy (non-hydrogen) atoms. The van der Waals surface area contributed by atoms with Gasteiger partial charge in [-0.05, 0) is 36.8 Å². The summed E-state index contributed by atoms with van der Waals surface area (Å²) in [7, 11) is 0. The first-order valence-electron chi connectivity index (χ1n) is 7.90. The number of nitro groups is 1. The minimum absolute atomic E-state index is 0.0440. The number of non-ortho nitro benzene ring substituents is 1. The number of nitrogens with zero attached hydrogens (tertiary/aromatic N) is 2. The van der Waals surface area contributed by atoms with E-state index in [1.807, 2.05) is 0 Å². The van der Waals surface area contributed by atoms with Crippen LogP contribution in [-0.4, -0.2) is 23.5 Å². The maximum atomic E-state index is 12.3. The van der Waals surface area contributed by atoms with Gasteiger partial charge in [-0.15, -0.1) is 0 Å². The Morgan fingerprint density at radius 1 is 1.29 bits per heavy atom. The summed E-state index contributed by atoms with van der Waals surface area (Å²) in [5, 5.41) is 19.7. The highest BCUT2D eigenvalue weighted by Crippen LogP contribution is 2.24. The van der Waals surface area contributed by atoms with Crippen LogP contribution in [-0.2, 0) is 9.53 Å². The van der Waals surface area contributed by atoms with E-state index in [-0.39, 0.29) is 34.2 Å². The van der Waals surface area contributed by atoms with Gasteiger partial charge in [0.25, 0.3) is 5.69 Å². The first-order chi connectivity index (χ1) is 13.3. The molecule has 0 saturated heterocycles. The molecule has 2 aromatic carbocycles. The summed E-state index contributed by atoms with van der Waals surface area (Å²) >= 11 is 5.92. The van der Waals surface area contributed by atoms with Crippen LogP contribution in [0, 0.1) is 21.4 Å². The topological polar surface area (TPSA) is 120 Å². The number of rotatable bonds is 6. The van der Waals surface area contributed by atoms with Crippen molar-refractivity contribution in [2.24, 2.45) is 0 Å². The van der Waals surface area contributed by atoms with Crippen LogP contribution in [0.25, 0.3) is 6.08 Å². The summed E-state index contributed by atoms with van der Waals surface area (Å²) in [6, 6.07) is 11.2. The smallest absolute Gasteiger partial charge is 0.348 e. The number of carbonyl (C=O) groups is 2. The first-order valence-corrected chi connectivity index (χ1v) is 8.28. The molecule has 0 heterocycles. The van der Waals surface area contributed by atoms with E-state index in [0.717, 1.165) is 12.1 Å². The van der Waals surface area contributed by atoms with Gasteiger partial charge >= 0.3 is 11.9 Å². The van der Waals surface area contributed by atoms with Gasteiger partial charge in [-0.3, -0.25) is 10.1 Å². The third-order valence-corrected chi connectivity index (χ3v) is 3.69. The molecule has 142 valence electrons. The monoisotopic (exact) mass is 400 g/mol. The Balaban J connectivity index is 2.23. The van der Waals surface area contributed by atoms with Crippen molar-refractivity contribution in [1.82, 2.24) is 0 Å². The van der Waals surface area contributed by atoms with Gasteiger partial charge < -0.3 is 9.47 Å². The number of esters is 2. The number of carbonyl (C=O) groups excluding carboxylic acids is 2. The van der Waals surface area contributed by atoms with Gasteiger partial charge in [-0.2, -0.15) is 5.26 Å². The van der Waals surface area contributed by atoms with E-state index in [4.69, 9.17) is 26.3 Å². The van der Waals surface area contributed by atoms with Gasteiger partial charge in [0.05, 0.1) is 22.1 Å². The molecule has 0 aliphatic rings. The standard InChI is InChI=1S/C19H13ClN2O6/c1-2-27-18(23)13(11-21)8-12-4-3-5-15(9-12)28-19(24)16-7-6-14(22(25)26)10-17(16)20/h3-10H,2H2,1H3. The van der Waals surface area contributed by atoms with Crippen molar-refractivity contribution in [3.63, 3.8) is 0 Å². The number of nitro benzene ring substituents is 1. The number of benzene rings is 2. The van der Waals surface area contributed by atoms with Gasteiger partial charge in [0.15, 0.2) is 0 Å². The highest BCUT2D eigenvalue weighted by Gasteiger charge is 2.17. The largest absolute Gasteiger partial charge is 0.462 e. The Morgan fingerprint density at radius 2 is 2.04 bits per heavy atom. The Bertz CT molecular complexity index is 1010. The molecule has 0 fully saturated rings. The molecule has 0 aromatic heterocycles. The van der Waals surface area contributed by atoms with Crippen LogP contribution in [0.4, 0.5) is 5.69 Å². The van der Waals surface area contributed by atoms with E-state index < -0.39 is 16.9 Å². The van der Waals surface area contributed by atoms with E-state index in [2.05, 4.69) is 0 Å². The summed E-state index contributed by atoms with van der Waals surface area (Å²) in [6.45, 7) is 1.75. The Hall–Kier alpha value is -3.70. The fourth-order valence-electron chi connectivity index (χ4n) is 2.13. The van der Waals surface area contributed by atoms with Crippen molar-refractivity contribution >= 4 is 35.3 Å². The van der Waals surface area contributed by atoms with Crippen LogP contribution in [0.3, 0.4) is 0 Å². The van der Waals surface area contributed by atoms with Crippen molar-refractivity contribution in [3.8, 4) is 11.8 Å². The predicted octanol–water partition coefficient (Wildman–Crippen LogP) is 3.94. The fraction of sp³-hybridized carbons (Fsp3) is 0.105. The molecule has 0 bridgehead atoms. The maximum absolute atomic E-state index is 12.3. The Labute approximate surface area is 164 Å². The van der Waals surface area contributed by atoms with Gasteiger partial charge in [-0.1, -0.05) is 23.7 Å². The highest BCUT2D eigenvalue weighted by atomic mass is 35.5. The number of halogens is 1. The van der Waals surface area contributed by atoms with Crippen LogP contribution in [0.15, 0.2) is 48.0 Å². The van der Waals surface area contributed by atoms with Crippen molar-refractivity contribution in [1.29, 1.82) is 5.26 Å². The second-order valence-electron chi connectivity index (χ2n) is 5.27. The minimum Gasteiger partial charge on any atom is -0.462 e. The second-order valence-corrected chi connectivity index (χ2v) is 5.68. The summed E-state index contributed by atoms with van der Waals surface area (Å²) in [5.74, 6) is -1.44. The molecule has 0 saturated carbocycles. The van der Waals surface area contributed by atoms with Crippen molar-refractivity contribution in [2.45, 2.75) is 6.92 Å². The lowest BCUT2D eigenvalue weighted by Gasteiger charge is -2.07. The van der Waals surface area contributed by atoms with Crippen molar-refractivity contribution in [2.75, 3.05) is 6.61 Å². The van der Waals surface area contributed by atoms with Crippen molar-refractivity contribution < 1.29 is 24.0 Å². The van der Waals surface area contributed by atoms with E-state index in [9.17, 15) is 19.7 Å². The molecule has 0 radical (unpaired) electrons. The molecule has 0 amide bonds. The lowest BCUT2D eigenvalue weighted by atomic mass is 10.1. The van der Waals surface area contributed by atoms with Gasteiger partial charge in [0, 0.05) is 12.1 Å². The molecule has 8 nitrogen and oxygen atoms in total. The zero-order valence-electron chi connectivity index (χ0n) is 14.5. The summed E-state index contributed by atoms with van der Waals surface area (Å²) < 4.78 is 10.0. The average molecular weight is 401 g/mol. The van der Waals surface area contributed by atoms with Gasteiger partial charge in [0.1, 0.15) is 17.4 Å². The summed E-state index contributed by atoms with van der Waals surface area (Å²) in [5.41, 5.74) is -0.0671. The van der Waals surface area contributed by atoms with Crippen LogP contribution < -0.4 is 4.74 Å². The SMILES string of the molecule is CCOC(=O)C(C#N)=Cc1cccc(OC(=O)c2ccc([N+](=O)[O-])cc2Cl)c1. The Morgan fingerprint density at radius 3 is 2.64 bits per heavy atom. The quantitative estimate of drug-likeness (QED) is 0.180. The molecule has 2 aromatic rings. The van der Waals surface area contributed by atoms with Gasteiger partial charge in [0.2, 0.25) is 0 Å². The minimum atomic E-state index is -0.813. The van der Waals surface area contributed by atoms with Crippen LogP contribution in [0.1, 0.15) is 22.8 Å². The van der Waals surface area contributed by atoms with E-state index in [1.165, 1.54) is 24.3 Å². The van der Waals surface area contributed by atoms with Crippen LogP contribution >= 0.6 is 11.6 Å². The summed E-state index contributed by atoms with van der Waals surface area (Å²) in [4.78, 5) is 34.1. The Kier molecular flexibility index (Phi) is 6.84. The molecule has 0 N–H and O–H groups in total. The summed E-state index contributed by atoms with van der Waals surface area (Å²) in [6.07, 6.45) is 1.30. The lowest BCUT2D eigenvalue weighted by molar-refractivity contribution is -0.384. The fourth-order valence-corrected chi connectivity index (χ4v) is 2.38. The first kappa shape index (κ1) is 20.6. The normalized spacial score (nSPS) is 10.7. The molecule has 0 aliphatic heterocycles. The zero-order valence-corrected chi connectivity index (χ0v) is 15.3.